The predicted octanol–water partition coefficient (Wildman–Crippen LogP) is 3.81. The van der Waals surface area contributed by atoms with Crippen LogP contribution in [0.2, 0.25) is 0 Å². The molecule has 2 heterocycles. The number of fused-ring (bicyclic) bond motifs is 2. The number of nitrogens with zero attached hydrogens (tertiary/aromatic N) is 1. The van der Waals surface area contributed by atoms with Crippen LogP contribution in [0, 0.1) is 9.49 Å². The van der Waals surface area contributed by atoms with Gasteiger partial charge in [-0.25, -0.2) is 0 Å². The number of benzene rings is 1. The number of piperidine rings is 1. The quantitative estimate of drug-likeness (QED) is 0.556. The summed E-state index contributed by atoms with van der Waals surface area (Å²) < 4.78 is 6.41. The van der Waals surface area contributed by atoms with Crippen LogP contribution in [0.15, 0.2) is 24.3 Å². The Hall–Kier alpha value is -0.620. The first-order chi connectivity index (χ1) is 10.7. The molecule has 2 aliphatic heterocycles. The minimum absolute atomic E-state index is 0.0182. The number of hydrogen-bond donors (Lipinski definition) is 0. The van der Waals surface area contributed by atoms with Crippen LogP contribution in [0.25, 0.3) is 0 Å². The standard InChI is InChI=1S/C18H24INO2/c1-3-10-20-14-8-9-16(20)17(18(21)22-2)15(11-14)12-4-6-13(19)7-5-12/h4-7,14-17H,3,8-11H2,1-2H3/t14-,15-,16?,17?/m1/s1. The fourth-order valence-corrected chi connectivity index (χ4v) is 4.79. The molecule has 2 aliphatic rings. The smallest absolute Gasteiger partial charge is 0.310 e. The van der Waals surface area contributed by atoms with Gasteiger partial charge < -0.3 is 4.74 Å². The van der Waals surface area contributed by atoms with E-state index in [0.717, 1.165) is 25.8 Å². The molecule has 4 heteroatoms. The second-order valence-corrected chi connectivity index (χ2v) is 7.72. The molecule has 4 atom stereocenters. The Kier molecular flexibility index (Phi) is 5.07. The lowest BCUT2D eigenvalue weighted by molar-refractivity contribution is -0.150. The number of rotatable bonds is 4. The van der Waals surface area contributed by atoms with E-state index in [1.165, 1.54) is 22.7 Å². The van der Waals surface area contributed by atoms with Crippen LogP contribution < -0.4 is 0 Å². The number of ether oxygens (including phenoxy) is 1. The van der Waals surface area contributed by atoms with Gasteiger partial charge in [0.25, 0.3) is 0 Å². The van der Waals surface area contributed by atoms with Crippen molar-refractivity contribution in [3.63, 3.8) is 0 Å². The predicted molar refractivity (Wildman–Crippen MR) is 95.8 cm³/mol. The summed E-state index contributed by atoms with van der Waals surface area (Å²) in [6.45, 7) is 3.32. The average Bonchev–Trinajstić information content (AvgIpc) is 2.80. The van der Waals surface area contributed by atoms with Gasteiger partial charge in [0.15, 0.2) is 0 Å². The SMILES string of the molecule is CCCN1C2CC[C@@H]1C[C@H](c1ccc(I)cc1)C2C(=O)OC. The lowest BCUT2D eigenvalue weighted by Gasteiger charge is -2.43. The number of halogens is 1. The van der Waals surface area contributed by atoms with E-state index < -0.39 is 0 Å². The van der Waals surface area contributed by atoms with Crippen LogP contribution in [0.4, 0.5) is 0 Å². The third kappa shape index (κ3) is 2.92. The van der Waals surface area contributed by atoms with Gasteiger partial charge >= 0.3 is 5.97 Å². The van der Waals surface area contributed by atoms with E-state index in [1.807, 2.05) is 0 Å². The molecule has 120 valence electrons. The topological polar surface area (TPSA) is 29.5 Å². The van der Waals surface area contributed by atoms with E-state index in [0.29, 0.717) is 18.0 Å². The van der Waals surface area contributed by atoms with Gasteiger partial charge in [0.2, 0.25) is 0 Å². The van der Waals surface area contributed by atoms with Crippen molar-refractivity contribution in [1.82, 2.24) is 4.90 Å². The average molecular weight is 413 g/mol. The van der Waals surface area contributed by atoms with Crippen molar-refractivity contribution in [2.45, 2.75) is 50.6 Å². The Labute approximate surface area is 146 Å². The maximum absolute atomic E-state index is 12.5. The molecule has 0 radical (unpaired) electrons. The molecular formula is C18H24INO2. The zero-order valence-corrected chi connectivity index (χ0v) is 15.5. The van der Waals surface area contributed by atoms with Crippen LogP contribution in [0.1, 0.15) is 44.1 Å². The summed E-state index contributed by atoms with van der Waals surface area (Å²) in [7, 11) is 1.53. The number of carbonyl (C=O) groups is 1. The van der Waals surface area contributed by atoms with Gasteiger partial charge in [-0.2, -0.15) is 0 Å². The van der Waals surface area contributed by atoms with E-state index in [1.54, 1.807) is 0 Å². The molecule has 1 aromatic rings. The Morgan fingerprint density at radius 1 is 1.32 bits per heavy atom. The molecule has 0 spiro atoms. The summed E-state index contributed by atoms with van der Waals surface area (Å²) in [6, 6.07) is 9.66. The molecule has 3 rings (SSSR count). The fraction of sp³-hybridized carbons (Fsp3) is 0.611. The lowest BCUT2D eigenvalue weighted by atomic mass is 9.76. The Morgan fingerprint density at radius 2 is 2.05 bits per heavy atom. The number of hydrogen-bond acceptors (Lipinski definition) is 3. The molecule has 0 aromatic heterocycles. The summed E-state index contributed by atoms with van der Waals surface area (Å²) in [5, 5.41) is 0. The van der Waals surface area contributed by atoms with Gasteiger partial charge in [0.05, 0.1) is 13.0 Å². The van der Waals surface area contributed by atoms with Crippen molar-refractivity contribution in [1.29, 1.82) is 0 Å². The van der Waals surface area contributed by atoms with Crippen molar-refractivity contribution in [2.24, 2.45) is 5.92 Å². The molecule has 0 aliphatic carbocycles. The van der Waals surface area contributed by atoms with Crippen molar-refractivity contribution < 1.29 is 9.53 Å². The van der Waals surface area contributed by atoms with E-state index in [4.69, 9.17) is 4.74 Å². The zero-order valence-electron chi connectivity index (χ0n) is 13.3. The van der Waals surface area contributed by atoms with E-state index >= 15 is 0 Å². The van der Waals surface area contributed by atoms with Gasteiger partial charge in [0.1, 0.15) is 0 Å². The van der Waals surface area contributed by atoms with Crippen LogP contribution in [-0.2, 0) is 9.53 Å². The minimum Gasteiger partial charge on any atom is -0.469 e. The van der Waals surface area contributed by atoms with Gasteiger partial charge in [-0.05, 0) is 72.5 Å². The largest absolute Gasteiger partial charge is 0.469 e. The second-order valence-electron chi connectivity index (χ2n) is 6.48. The number of esters is 1. The molecule has 0 saturated carbocycles. The first kappa shape index (κ1) is 16.2. The van der Waals surface area contributed by atoms with Crippen molar-refractivity contribution in [2.75, 3.05) is 13.7 Å². The zero-order chi connectivity index (χ0) is 15.7. The highest BCUT2D eigenvalue weighted by molar-refractivity contribution is 14.1. The van der Waals surface area contributed by atoms with Crippen LogP contribution in [-0.4, -0.2) is 36.6 Å². The Morgan fingerprint density at radius 3 is 2.68 bits per heavy atom. The highest BCUT2D eigenvalue weighted by Gasteiger charge is 2.50. The van der Waals surface area contributed by atoms with Crippen LogP contribution in [0.5, 0.6) is 0 Å². The van der Waals surface area contributed by atoms with Gasteiger partial charge in [-0.3, -0.25) is 9.69 Å². The second kappa shape index (κ2) is 6.87. The molecule has 2 unspecified atom stereocenters. The summed E-state index contributed by atoms with van der Waals surface area (Å²) in [5.74, 6) is 0.250. The fourth-order valence-electron chi connectivity index (χ4n) is 4.43. The van der Waals surface area contributed by atoms with E-state index in [-0.39, 0.29) is 11.9 Å². The lowest BCUT2D eigenvalue weighted by Crippen LogP contribution is -2.51. The molecule has 2 bridgehead atoms. The minimum atomic E-state index is -0.0324. The molecular weight excluding hydrogens is 389 g/mol. The molecule has 0 amide bonds. The summed E-state index contributed by atoms with van der Waals surface area (Å²) in [4.78, 5) is 15.1. The van der Waals surface area contributed by atoms with E-state index in [2.05, 4.69) is 58.7 Å². The molecule has 3 nitrogen and oxygen atoms in total. The van der Waals surface area contributed by atoms with E-state index in [9.17, 15) is 4.79 Å². The number of carbonyl (C=O) groups excluding carboxylic acids is 1. The summed E-state index contributed by atoms with van der Waals surface area (Å²) in [5.41, 5.74) is 1.30. The normalized spacial score (nSPS) is 31.2. The monoisotopic (exact) mass is 413 g/mol. The van der Waals surface area contributed by atoms with Gasteiger partial charge in [-0.15, -0.1) is 0 Å². The van der Waals surface area contributed by atoms with Gasteiger partial charge in [0, 0.05) is 21.6 Å². The molecule has 1 aromatic carbocycles. The Bertz CT molecular complexity index is 530. The highest BCUT2D eigenvalue weighted by Crippen LogP contribution is 2.47. The van der Waals surface area contributed by atoms with Crippen LogP contribution in [0.3, 0.4) is 0 Å². The summed E-state index contributed by atoms with van der Waals surface area (Å²) in [6.07, 6.45) is 4.58. The third-order valence-corrected chi connectivity index (χ3v) is 6.04. The third-order valence-electron chi connectivity index (χ3n) is 5.32. The number of methoxy groups -OCH3 is 1. The maximum atomic E-state index is 12.5. The first-order valence-corrected chi connectivity index (χ1v) is 9.32. The Balaban J connectivity index is 1.92. The highest BCUT2D eigenvalue weighted by atomic mass is 127. The van der Waals surface area contributed by atoms with Gasteiger partial charge in [-0.1, -0.05) is 19.1 Å². The molecule has 22 heavy (non-hydrogen) atoms. The summed E-state index contributed by atoms with van der Waals surface area (Å²) >= 11 is 2.33. The molecule has 0 N–H and O–H groups in total. The first-order valence-electron chi connectivity index (χ1n) is 8.24. The van der Waals surface area contributed by atoms with Crippen molar-refractivity contribution in [3.8, 4) is 0 Å². The maximum Gasteiger partial charge on any atom is 0.310 e. The molecule has 2 fully saturated rings. The molecule has 2 saturated heterocycles. The van der Waals surface area contributed by atoms with Crippen LogP contribution >= 0.6 is 22.6 Å². The van der Waals surface area contributed by atoms with Crippen molar-refractivity contribution >= 4 is 28.6 Å². The van der Waals surface area contributed by atoms with Crippen molar-refractivity contribution in [3.05, 3.63) is 33.4 Å².